The van der Waals surface area contributed by atoms with Crippen LogP contribution in [0.4, 0.5) is 0 Å². The van der Waals surface area contributed by atoms with E-state index in [4.69, 9.17) is 9.47 Å². The van der Waals surface area contributed by atoms with Crippen LogP contribution >= 0.6 is 0 Å². The van der Waals surface area contributed by atoms with Gasteiger partial charge in [0.15, 0.2) is 11.5 Å². The number of ether oxygens (including phenoxy) is 2. The summed E-state index contributed by atoms with van der Waals surface area (Å²) in [5.74, 6) is -0.271. The van der Waals surface area contributed by atoms with Gasteiger partial charge in [0.25, 0.3) is 5.91 Å². The Bertz CT molecular complexity index is 562. The van der Waals surface area contributed by atoms with Gasteiger partial charge in [0.1, 0.15) is 12.6 Å². The Morgan fingerprint density at radius 2 is 2.05 bits per heavy atom. The summed E-state index contributed by atoms with van der Waals surface area (Å²) in [4.78, 5) is 25.1. The molecule has 1 aromatic carbocycles. The van der Waals surface area contributed by atoms with Gasteiger partial charge in [-0.2, -0.15) is 0 Å². The number of carboxylic acids is 1. The molecule has 7 nitrogen and oxygen atoms in total. The minimum absolute atomic E-state index is 0.0894. The molecule has 1 saturated heterocycles. The first-order valence-corrected chi connectivity index (χ1v) is 6.79. The van der Waals surface area contributed by atoms with E-state index in [9.17, 15) is 14.7 Å². The Kier molecular flexibility index (Phi) is 3.66. The summed E-state index contributed by atoms with van der Waals surface area (Å²) in [6, 6.07) is 6.23. The lowest BCUT2D eigenvalue weighted by Crippen LogP contribution is -2.60. The first kappa shape index (κ1) is 13.7. The summed E-state index contributed by atoms with van der Waals surface area (Å²) in [7, 11) is 0. The van der Waals surface area contributed by atoms with Crippen molar-refractivity contribution in [3.8, 4) is 11.5 Å². The van der Waals surface area contributed by atoms with Crippen LogP contribution in [0, 0.1) is 0 Å². The monoisotopic (exact) mass is 292 g/mol. The van der Waals surface area contributed by atoms with Crippen molar-refractivity contribution in [2.45, 2.75) is 12.1 Å². The van der Waals surface area contributed by atoms with Gasteiger partial charge in [0.2, 0.25) is 6.10 Å². The quantitative estimate of drug-likeness (QED) is 0.779. The van der Waals surface area contributed by atoms with E-state index < -0.39 is 18.1 Å². The second-order valence-corrected chi connectivity index (χ2v) is 4.95. The van der Waals surface area contributed by atoms with Crippen LogP contribution in [-0.2, 0) is 9.59 Å². The van der Waals surface area contributed by atoms with Gasteiger partial charge >= 0.3 is 5.97 Å². The number of nitrogens with zero attached hydrogens (tertiary/aromatic N) is 1. The molecule has 2 atom stereocenters. The highest BCUT2D eigenvalue weighted by atomic mass is 16.6. The van der Waals surface area contributed by atoms with Gasteiger partial charge in [-0.25, -0.2) is 4.79 Å². The van der Waals surface area contributed by atoms with Crippen LogP contribution in [0.25, 0.3) is 0 Å². The lowest BCUT2D eigenvalue weighted by atomic mass is 10.1. The molecule has 2 N–H and O–H groups in total. The van der Waals surface area contributed by atoms with Crippen molar-refractivity contribution >= 4 is 11.9 Å². The maximum Gasteiger partial charge on any atom is 0.327 e. The first-order valence-electron chi connectivity index (χ1n) is 6.79. The topological polar surface area (TPSA) is 88.1 Å². The van der Waals surface area contributed by atoms with E-state index in [-0.39, 0.29) is 19.1 Å². The number of carbonyl (C=O) groups excluding carboxylic acids is 1. The summed E-state index contributed by atoms with van der Waals surface area (Å²) in [6.07, 6.45) is -0.806. The third-order valence-corrected chi connectivity index (χ3v) is 3.60. The fraction of sp³-hybridized carbons (Fsp3) is 0.429. The molecule has 2 heterocycles. The minimum atomic E-state index is -1.02. The van der Waals surface area contributed by atoms with Crippen LogP contribution in [0.5, 0.6) is 11.5 Å². The number of aliphatic carboxylic acids is 1. The third kappa shape index (κ3) is 2.64. The number of carboxylic acid groups (broad SMARTS) is 1. The Balaban J connectivity index is 1.75. The molecule has 21 heavy (non-hydrogen) atoms. The summed E-state index contributed by atoms with van der Waals surface area (Å²) < 4.78 is 11.2. The molecule has 3 rings (SSSR count). The zero-order chi connectivity index (χ0) is 14.8. The molecule has 0 bridgehead atoms. The van der Waals surface area contributed by atoms with Crippen LogP contribution in [0.3, 0.4) is 0 Å². The number of hydrogen-bond donors (Lipinski definition) is 2. The largest absolute Gasteiger partial charge is 0.485 e. The molecule has 1 amide bonds. The zero-order valence-electron chi connectivity index (χ0n) is 11.3. The molecular weight excluding hydrogens is 276 g/mol. The van der Waals surface area contributed by atoms with E-state index in [1.807, 2.05) is 6.07 Å². The van der Waals surface area contributed by atoms with Gasteiger partial charge in [0.05, 0.1) is 0 Å². The van der Waals surface area contributed by atoms with Gasteiger partial charge < -0.3 is 24.8 Å². The van der Waals surface area contributed by atoms with Crippen molar-refractivity contribution in [2.75, 3.05) is 26.2 Å². The summed E-state index contributed by atoms with van der Waals surface area (Å²) in [5.41, 5.74) is 0. The van der Waals surface area contributed by atoms with Gasteiger partial charge in [-0.05, 0) is 12.1 Å². The molecule has 2 aliphatic rings. The van der Waals surface area contributed by atoms with Gasteiger partial charge in [-0.15, -0.1) is 0 Å². The van der Waals surface area contributed by atoms with E-state index in [2.05, 4.69) is 5.32 Å². The second-order valence-electron chi connectivity index (χ2n) is 4.95. The van der Waals surface area contributed by atoms with Crippen molar-refractivity contribution < 1.29 is 24.2 Å². The average molecular weight is 292 g/mol. The van der Waals surface area contributed by atoms with Crippen molar-refractivity contribution in [3.63, 3.8) is 0 Å². The number of amides is 1. The number of nitrogens with one attached hydrogen (secondary N) is 1. The molecule has 1 fully saturated rings. The molecule has 1 aromatic rings. The van der Waals surface area contributed by atoms with Crippen molar-refractivity contribution in [2.24, 2.45) is 0 Å². The summed E-state index contributed by atoms with van der Waals surface area (Å²) in [5, 5.41) is 12.2. The molecule has 0 aromatic heterocycles. The maximum absolute atomic E-state index is 12.5. The van der Waals surface area contributed by atoms with E-state index >= 15 is 0 Å². The lowest BCUT2D eigenvalue weighted by molar-refractivity contribution is -0.155. The number of rotatable bonds is 2. The van der Waals surface area contributed by atoms with Crippen molar-refractivity contribution in [1.29, 1.82) is 0 Å². The molecule has 2 aliphatic heterocycles. The summed E-state index contributed by atoms with van der Waals surface area (Å²) >= 11 is 0. The van der Waals surface area contributed by atoms with Crippen LogP contribution in [0.15, 0.2) is 24.3 Å². The fourth-order valence-electron chi connectivity index (χ4n) is 2.51. The molecule has 112 valence electrons. The Labute approximate surface area is 121 Å². The summed E-state index contributed by atoms with van der Waals surface area (Å²) in [6.45, 7) is 1.24. The third-order valence-electron chi connectivity index (χ3n) is 3.60. The maximum atomic E-state index is 12.5. The lowest BCUT2D eigenvalue weighted by Gasteiger charge is -2.36. The molecular formula is C14H16N2O5. The highest BCUT2D eigenvalue weighted by Gasteiger charge is 2.38. The van der Waals surface area contributed by atoms with Gasteiger partial charge in [0, 0.05) is 19.6 Å². The predicted octanol–water partition coefficient (Wildman–Crippen LogP) is -0.289. The van der Waals surface area contributed by atoms with Crippen LogP contribution < -0.4 is 14.8 Å². The van der Waals surface area contributed by atoms with Gasteiger partial charge in [-0.1, -0.05) is 12.1 Å². The van der Waals surface area contributed by atoms with Crippen LogP contribution in [0.2, 0.25) is 0 Å². The zero-order valence-corrected chi connectivity index (χ0v) is 11.3. The SMILES string of the molecule is O=C(O)[C@H]1CNCCN1C(=O)[C@@H]1COc2ccccc2O1. The Morgan fingerprint density at radius 3 is 2.81 bits per heavy atom. The fourth-order valence-corrected chi connectivity index (χ4v) is 2.51. The highest BCUT2D eigenvalue weighted by Crippen LogP contribution is 2.31. The minimum Gasteiger partial charge on any atom is -0.485 e. The van der Waals surface area contributed by atoms with Crippen molar-refractivity contribution in [1.82, 2.24) is 10.2 Å². The standard InChI is InChI=1S/C14H16N2O5/c17-13(16-6-5-15-7-9(16)14(18)19)12-8-20-10-3-1-2-4-11(10)21-12/h1-4,9,12,15H,5-8H2,(H,18,19)/t9-,12+/m1/s1. The van der Waals surface area contributed by atoms with Crippen LogP contribution in [0.1, 0.15) is 0 Å². The number of para-hydroxylation sites is 2. The van der Waals surface area contributed by atoms with E-state index in [1.165, 1.54) is 4.90 Å². The van der Waals surface area contributed by atoms with Gasteiger partial charge in [-0.3, -0.25) is 4.79 Å². The first-order chi connectivity index (χ1) is 10.2. The van der Waals surface area contributed by atoms with E-state index in [0.29, 0.717) is 24.6 Å². The molecule has 0 spiro atoms. The number of fused-ring (bicyclic) bond motifs is 1. The number of hydrogen-bond acceptors (Lipinski definition) is 5. The molecule has 0 unspecified atom stereocenters. The average Bonchev–Trinajstić information content (AvgIpc) is 2.53. The van der Waals surface area contributed by atoms with E-state index in [1.54, 1.807) is 18.2 Å². The second kappa shape index (κ2) is 5.61. The number of piperazine rings is 1. The Hall–Kier alpha value is -2.28. The molecule has 7 heteroatoms. The number of carbonyl (C=O) groups is 2. The highest BCUT2D eigenvalue weighted by molar-refractivity contribution is 5.87. The number of benzene rings is 1. The van der Waals surface area contributed by atoms with Crippen molar-refractivity contribution in [3.05, 3.63) is 24.3 Å². The smallest absolute Gasteiger partial charge is 0.327 e. The molecule has 0 saturated carbocycles. The van der Waals surface area contributed by atoms with Crippen LogP contribution in [-0.4, -0.2) is 60.3 Å². The normalized spacial score (nSPS) is 24.5. The molecule has 0 aliphatic carbocycles. The van der Waals surface area contributed by atoms with E-state index in [0.717, 1.165) is 0 Å². The Morgan fingerprint density at radius 1 is 1.29 bits per heavy atom. The predicted molar refractivity (Wildman–Crippen MR) is 72.4 cm³/mol. The molecule has 0 radical (unpaired) electrons.